The first kappa shape index (κ1) is 18.6. The highest BCUT2D eigenvalue weighted by Gasteiger charge is 2.24. The van der Waals surface area contributed by atoms with Crippen molar-refractivity contribution in [3.05, 3.63) is 68.3 Å². The van der Waals surface area contributed by atoms with Crippen LogP contribution in [0.3, 0.4) is 0 Å². The first-order chi connectivity index (χ1) is 12.8. The molecule has 3 aromatic rings. The summed E-state index contributed by atoms with van der Waals surface area (Å²) in [6.07, 6.45) is 1.51. The molecule has 27 heavy (non-hydrogen) atoms. The monoisotopic (exact) mass is 418 g/mol. The Bertz CT molecular complexity index is 1140. The summed E-state index contributed by atoms with van der Waals surface area (Å²) >= 11 is 7.54. The Hall–Kier alpha value is -1.76. The molecule has 0 aliphatic carbocycles. The van der Waals surface area contributed by atoms with Crippen LogP contribution in [-0.4, -0.2) is 18.4 Å². The second-order valence-corrected chi connectivity index (χ2v) is 10.6. The molecule has 0 amide bonds. The number of sulfone groups is 1. The molecular formula is C20H19ClN2O2S2. The van der Waals surface area contributed by atoms with Gasteiger partial charge < -0.3 is 0 Å². The van der Waals surface area contributed by atoms with Gasteiger partial charge in [-0.3, -0.25) is 0 Å². The van der Waals surface area contributed by atoms with Crippen molar-refractivity contribution in [2.45, 2.75) is 38.2 Å². The summed E-state index contributed by atoms with van der Waals surface area (Å²) in [6, 6.07) is 9.76. The van der Waals surface area contributed by atoms with Gasteiger partial charge in [0.2, 0.25) is 0 Å². The van der Waals surface area contributed by atoms with Crippen molar-refractivity contribution in [2.24, 2.45) is 0 Å². The third-order valence-corrected chi connectivity index (χ3v) is 7.57. The Morgan fingerprint density at radius 1 is 1.11 bits per heavy atom. The van der Waals surface area contributed by atoms with Crippen LogP contribution in [0.25, 0.3) is 10.7 Å². The van der Waals surface area contributed by atoms with Crippen molar-refractivity contribution in [1.82, 2.24) is 9.97 Å². The Morgan fingerprint density at radius 2 is 1.89 bits per heavy atom. The molecule has 0 fully saturated rings. The molecule has 0 unspecified atom stereocenters. The molecule has 0 bridgehead atoms. The van der Waals surface area contributed by atoms with Gasteiger partial charge in [0.1, 0.15) is 0 Å². The molecule has 0 atom stereocenters. The molecule has 4 nitrogen and oxygen atoms in total. The smallest absolute Gasteiger partial charge is 0.169 e. The first-order valence-corrected chi connectivity index (χ1v) is 11.8. The molecule has 140 valence electrons. The van der Waals surface area contributed by atoms with E-state index >= 15 is 0 Å². The van der Waals surface area contributed by atoms with Crippen LogP contribution >= 0.6 is 22.9 Å². The van der Waals surface area contributed by atoms with Crippen LogP contribution in [0.15, 0.2) is 30.3 Å². The van der Waals surface area contributed by atoms with Gasteiger partial charge in [-0.05, 0) is 47.7 Å². The second-order valence-electron chi connectivity index (χ2n) is 6.83. The number of aryl methyl sites for hydroxylation is 1. The van der Waals surface area contributed by atoms with Crippen molar-refractivity contribution >= 4 is 32.8 Å². The van der Waals surface area contributed by atoms with Crippen LogP contribution in [0.4, 0.5) is 0 Å². The number of thiophene rings is 1. The molecule has 0 saturated heterocycles. The Kier molecular flexibility index (Phi) is 4.82. The molecule has 7 heteroatoms. The average molecular weight is 419 g/mol. The van der Waals surface area contributed by atoms with Gasteiger partial charge in [0.05, 0.1) is 26.4 Å². The van der Waals surface area contributed by atoms with Gasteiger partial charge >= 0.3 is 0 Å². The van der Waals surface area contributed by atoms with Gasteiger partial charge in [0, 0.05) is 12.1 Å². The number of hydrogen-bond acceptors (Lipinski definition) is 5. The summed E-state index contributed by atoms with van der Waals surface area (Å²) in [5, 5.41) is 0. The van der Waals surface area contributed by atoms with Gasteiger partial charge in [-0.25, -0.2) is 18.4 Å². The summed E-state index contributed by atoms with van der Waals surface area (Å²) in [7, 11) is -2.99. The number of rotatable bonds is 4. The maximum atomic E-state index is 11.9. The van der Waals surface area contributed by atoms with Gasteiger partial charge in [-0.2, -0.15) is 0 Å². The summed E-state index contributed by atoms with van der Waals surface area (Å²) in [4.78, 5) is 10.4. The standard InChI is InChI=1S/C20H19ClN2O2S2/c1-3-16-12(2)22-20(18-6-7-19(21)26-18)23-17(16)9-13-4-5-14-10-27(24,25)11-15(14)8-13/h4-8H,3,9-11H2,1-2H3. The van der Waals surface area contributed by atoms with E-state index in [-0.39, 0.29) is 11.5 Å². The lowest BCUT2D eigenvalue weighted by Crippen LogP contribution is -2.06. The van der Waals surface area contributed by atoms with Crippen LogP contribution < -0.4 is 0 Å². The minimum atomic E-state index is -2.99. The van der Waals surface area contributed by atoms with Crippen molar-refractivity contribution in [3.8, 4) is 10.7 Å². The highest BCUT2D eigenvalue weighted by atomic mass is 35.5. The van der Waals surface area contributed by atoms with Crippen LogP contribution in [0.2, 0.25) is 4.34 Å². The Morgan fingerprint density at radius 3 is 2.59 bits per heavy atom. The van der Waals surface area contributed by atoms with Crippen LogP contribution in [0.5, 0.6) is 0 Å². The van der Waals surface area contributed by atoms with Gasteiger partial charge in [0.15, 0.2) is 15.7 Å². The predicted octanol–water partition coefficient (Wildman–Crippen LogP) is 4.75. The average Bonchev–Trinajstić information content (AvgIpc) is 3.15. The number of aromatic nitrogens is 2. The normalized spacial score (nSPS) is 15.1. The van der Waals surface area contributed by atoms with E-state index in [9.17, 15) is 8.42 Å². The molecule has 1 aliphatic rings. The van der Waals surface area contributed by atoms with E-state index in [2.05, 4.69) is 11.9 Å². The lowest BCUT2D eigenvalue weighted by Gasteiger charge is -2.12. The lowest BCUT2D eigenvalue weighted by atomic mass is 9.99. The zero-order valence-corrected chi connectivity index (χ0v) is 17.5. The molecule has 0 saturated carbocycles. The second kappa shape index (κ2) is 7.00. The minimum absolute atomic E-state index is 0.137. The molecule has 0 N–H and O–H groups in total. The van der Waals surface area contributed by atoms with Crippen molar-refractivity contribution < 1.29 is 8.42 Å². The Labute approximate surface area is 168 Å². The maximum absolute atomic E-state index is 11.9. The molecule has 1 aliphatic heterocycles. The van der Waals surface area contributed by atoms with E-state index in [1.165, 1.54) is 11.3 Å². The number of fused-ring (bicyclic) bond motifs is 1. The minimum Gasteiger partial charge on any atom is -0.232 e. The van der Waals surface area contributed by atoms with E-state index in [0.29, 0.717) is 16.6 Å². The summed E-state index contributed by atoms with van der Waals surface area (Å²) in [6.45, 7) is 4.12. The number of nitrogens with zero attached hydrogens (tertiary/aromatic N) is 2. The van der Waals surface area contributed by atoms with E-state index in [4.69, 9.17) is 16.6 Å². The summed E-state index contributed by atoms with van der Waals surface area (Å²) in [5.74, 6) is 0.984. The number of benzene rings is 1. The molecular weight excluding hydrogens is 400 g/mol. The molecule has 0 spiro atoms. The zero-order chi connectivity index (χ0) is 19.2. The fraction of sp³-hybridized carbons (Fsp3) is 0.300. The maximum Gasteiger partial charge on any atom is 0.169 e. The van der Waals surface area contributed by atoms with Crippen molar-refractivity contribution in [1.29, 1.82) is 0 Å². The van der Waals surface area contributed by atoms with E-state index in [1.54, 1.807) is 0 Å². The quantitative estimate of drug-likeness (QED) is 0.613. The van der Waals surface area contributed by atoms with Gasteiger partial charge in [0.25, 0.3) is 0 Å². The fourth-order valence-corrected chi connectivity index (χ4v) is 6.17. The predicted molar refractivity (Wildman–Crippen MR) is 110 cm³/mol. The molecule has 2 aromatic heterocycles. The van der Waals surface area contributed by atoms with Crippen LogP contribution in [-0.2, 0) is 34.2 Å². The van der Waals surface area contributed by atoms with E-state index in [1.807, 2.05) is 37.3 Å². The molecule has 0 radical (unpaired) electrons. The molecule has 1 aromatic carbocycles. The number of halogens is 1. The highest BCUT2D eigenvalue weighted by molar-refractivity contribution is 7.90. The largest absolute Gasteiger partial charge is 0.232 e. The number of hydrogen-bond donors (Lipinski definition) is 0. The fourth-order valence-electron chi connectivity index (χ4n) is 3.59. The van der Waals surface area contributed by atoms with Crippen LogP contribution in [0.1, 0.15) is 40.6 Å². The van der Waals surface area contributed by atoms with E-state index < -0.39 is 9.84 Å². The van der Waals surface area contributed by atoms with Gasteiger partial charge in [-0.15, -0.1) is 11.3 Å². The third kappa shape index (κ3) is 3.79. The summed E-state index contributed by atoms with van der Waals surface area (Å²) < 4.78 is 24.5. The SMILES string of the molecule is CCc1c(C)nc(-c2ccc(Cl)s2)nc1Cc1ccc2c(c1)CS(=O)(=O)C2. The highest BCUT2D eigenvalue weighted by Crippen LogP contribution is 2.31. The topological polar surface area (TPSA) is 59.9 Å². The molecule has 3 heterocycles. The van der Waals surface area contributed by atoms with Crippen LogP contribution in [0, 0.1) is 6.92 Å². The van der Waals surface area contributed by atoms with Crippen molar-refractivity contribution in [3.63, 3.8) is 0 Å². The summed E-state index contributed by atoms with van der Waals surface area (Å²) in [5.41, 5.74) is 6.03. The Balaban J connectivity index is 1.72. The molecule has 4 rings (SSSR count). The van der Waals surface area contributed by atoms with Gasteiger partial charge in [-0.1, -0.05) is 36.7 Å². The van der Waals surface area contributed by atoms with E-state index in [0.717, 1.165) is 44.9 Å². The van der Waals surface area contributed by atoms with Crippen molar-refractivity contribution in [2.75, 3.05) is 0 Å². The first-order valence-electron chi connectivity index (χ1n) is 8.78. The lowest BCUT2D eigenvalue weighted by molar-refractivity contribution is 0.598. The third-order valence-electron chi connectivity index (χ3n) is 4.84. The zero-order valence-electron chi connectivity index (χ0n) is 15.1.